The van der Waals surface area contributed by atoms with Gasteiger partial charge < -0.3 is 14.2 Å². The molecule has 2 aliphatic carbocycles. The van der Waals surface area contributed by atoms with Crippen LogP contribution in [0.3, 0.4) is 0 Å². The van der Waals surface area contributed by atoms with Gasteiger partial charge in [0.15, 0.2) is 5.78 Å². The quantitative estimate of drug-likeness (QED) is 0.406. The molecule has 4 bridgehead atoms. The van der Waals surface area contributed by atoms with E-state index in [0.29, 0.717) is 12.3 Å². The van der Waals surface area contributed by atoms with Crippen LogP contribution in [-0.4, -0.2) is 51.1 Å². The van der Waals surface area contributed by atoms with Crippen LogP contribution >= 0.6 is 0 Å². The predicted molar refractivity (Wildman–Crippen MR) is 157 cm³/mol. The molecule has 0 saturated heterocycles. The largest absolute Gasteiger partial charge is 0.497 e. The molecule has 0 saturated carbocycles. The number of nitrogens with zero attached hydrogens (tertiary/aromatic N) is 1. The molecule has 5 nitrogen and oxygen atoms in total. The summed E-state index contributed by atoms with van der Waals surface area (Å²) in [5, 5.41) is 0. The molecule has 40 heavy (non-hydrogen) atoms. The van der Waals surface area contributed by atoms with Crippen LogP contribution in [0.15, 0.2) is 72.8 Å². The van der Waals surface area contributed by atoms with E-state index in [9.17, 15) is 4.79 Å². The van der Waals surface area contributed by atoms with Crippen molar-refractivity contribution < 1.29 is 19.0 Å². The minimum Gasteiger partial charge on any atom is -0.497 e. The van der Waals surface area contributed by atoms with Crippen LogP contribution in [0.2, 0.25) is 0 Å². The van der Waals surface area contributed by atoms with E-state index >= 15 is 0 Å². The van der Waals surface area contributed by atoms with Crippen molar-refractivity contribution in [3.63, 3.8) is 0 Å². The molecule has 3 aromatic rings. The average molecular weight is 534 g/mol. The molecule has 0 fully saturated rings. The zero-order valence-corrected chi connectivity index (χ0v) is 23.4. The topological polar surface area (TPSA) is 48.0 Å². The SMILES string of the molecule is COc1cccc(C23C=C4CN(CCC5CC=C(C(=O)C5)c5ccc(OC)cc54)C2Cc2cccc(OC)c23)c1. The molecule has 4 unspecified atom stereocenters. The van der Waals surface area contributed by atoms with Crippen LogP contribution in [0, 0.1) is 5.92 Å². The maximum absolute atomic E-state index is 13.5. The minimum atomic E-state index is -0.449. The summed E-state index contributed by atoms with van der Waals surface area (Å²) in [6, 6.07) is 21.4. The Morgan fingerprint density at radius 3 is 2.50 bits per heavy atom. The molecule has 8 rings (SSSR count). The molecule has 3 heterocycles. The fraction of sp³-hybridized carbons (Fsp3) is 0.343. The minimum absolute atomic E-state index is 0.217. The van der Waals surface area contributed by atoms with Gasteiger partial charge in [-0.1, -0.05) is 36.4 Å². The monoisotopic (exact) mass is 533 g/mol. The van der Waals surface area contributed by atoms with Crippen molar-refractivity contribution in [1.29, 1.82) is 0 Å². The molecule has 0 amide bonds. The fourth-order valence-corrected chi connectivity index (χ4v) is 7.69. The fourth-order valence-electron chi connectivity index (χ4n) is 7.69. The van der Waals surface area contributed by atoms with Crippen LogP contribution in [-0.2, 0) is 16.6 Å². The van der Waals surface area contributed by atoms with Gasteiger partial charge in [0, 0.05) is 30.1 Å². The first-order valence-electron chi connectivity index (χ1n) is 14.2. The van der Waals surface area contributed by atoms with Crippen molar-refractivity contribution in [3.05, 3.63) is 101 Å². The van der Waals surface area contributed by atoms with E-state index in [-0.39, 0.29) is 11.8 Å². The van der Waals surface area contributed by atoms with E-state index in [0.717, 1.165) is 66.3 Å². The van der Waals surface area contributed by atoms with Gasteiger partial charge in [-0.3, -0.25) is 9.69 Å². The first-order valence-corrected chi connectivity index (χ1v) is 14.2. The highest BCUT2D eigenvalue weighted by molar-refractivity contribution is 6.22. The number of carbonyl (C=O) groups is 1. The highest BCUT2D eigenvalue weighted by Crippen LogP contribution is 2.55. The molecule has 204 valence electrons. The first kappa shape index (κ1) is 25.2. The van der Waals surface area contributed by atoms with Crippen molar-refractivity contribution in [2.24, 2.45) is 5.92 Å². The second-order valence-corrected chi connectivity index (χ2v) is 11.5. The van der Waals surface area contributed by atoms with Gasteiger partial charge in [0.05, 0.1) is 26.7 Å². The lowest BCUT2D eigenvalue weighted by atomic mass is 9.68. The average Bonchev–Trinajstić information content (AvgIpc) is 3.34. The van der Waals surface area contributed by atoms with Crippen molar-refractivity contribution in [3.8, 4) is 17.2 Å². The molecule has 3 aromatic carbocycles. The lowest BCUT2D eigenvalue weighted by Gasteiger charge is -2.46. The highest BCUT2D eigenvalue weighted by Gasteiger charge is 2.53. The summed E-state index contributed by atoms with van der Waals surface area (Å²) in [4.78, 5) is 16.1. The van der Waals surface area contributed by atoms with Gasteiger partial charge in [-0.25, -0.2) is 0 Å². The van der Waals surface area contributed by atoms with E-state index in [1.165, 1.54) is 22.3 Å². The van der Waals surface area contributed by atoms with Crippen molar-refractivity contribution in [2.45, 2.75) is 37.1 Å². The maximum Gasteiger partial charge on any atom is 0.163 e. The lowest BCUT2D eigenvalue weighted by Crippen LogP contribution is -2.52. The number of ether oxygens (including phenoxy) is 3. The number of methoxy groups -OCH3 is 3. The van der Waals surface area contributed by atoms with Gasteiger partial charge >= 0.3 is 0 Å². The number of carbonyl (C=O) groups excluding carboxylic acids is 1. The molecule has 3 aliphatic heterocycles. The summed E-state index contributed by atoms with van der Waals surface area (Å²) >= 11 is 0. The zero-order chi connectivity index (χ0) is 27.4. The summed E-state index contributed by atoms with van der Waals surface area (Å²) < 4.78 is 17.5. The standard InChI is InChI=1S/C35H35NO4/c1-38-26-8-5-7-25(18-26)35-20-24-21-36(33(35)17-23-6-4-9-32(40-3)34(23)35)15-14-22-10-12-29(31(37)16-22)28-13-11-27(39-2)19-30(24)28/h4-9,11-13,18-20,22,33H,10,14-17,21H2,1-3H3. The predicted octanol–water partition coefficient (Wildman–Crippen LogP) is 6.09. The second kappa shape index (κ2) is 9.67. The van der Waals surface area contributed by atoms with Crippen LogP contribution < -0.4 is 14.2 Å². The Morgan fingerprint density at radius 1 is 0.875 bits per heavy atom. The second-order valence-electron chi connectivity index (χ2n) is 11.5. The van der Waals surface area contributed by atoms with Gasteiger partial charge in [0.25, 0.3) is 0 Å². The summed E-state index contributed by atoms with van der Waals surface area (Å²) in [6.07, 6.45) is 8.16. The number of benzene rings is 3. The van der Waals surface area contributed by atoms with E-state index in [1.54, 1.807) is 21.3 Å². The number of hydrogen-bond donors (Lipinski definition) is 0. The molecule has 0 aromatic heterocycles. The number of ketones is 1. The smallest absolute Gasteiger partial charge is 0.163 e. The van der Waals surface area contributed by atoms with Crippen LogP contribution in [0.5, 0.6) is 17.2 Å². The Morgan fingerprint density at radius 2 is 1.70 bits per heavy atom. The van der Waals surface area contributed by atoms with Crippen LogP contribution in [0.1, 0.15) is 47.1 Å². The van der Waals surface area contributed by atoms with Gasteiger partial charge in [-0.2, -0.15) is 0 Å². The molecule has 5 aliphatic rings. The van der Waals surface area contributed by atoms with Gasteiger partial charge in [0.1, 0.15) is 17.2 Å². The maximum atomic E-state index is 13.5. The number of rotatable bonds is 4. The van der Waals surface area contributed by atoms with Crippen LogP contribution in [0.4, 0.5) is 0 Å². The molecule has 0 spiro atoms. The van der Waals surface area contributed by atoms with Crippen molar-refractivity contribution in [2.75, 3.05) is 34.4 Å². The molecular weight excluding hydrogens is 498 g/mol. The molecule has 0 N–H and O–H groups in total. The third-order valence-corrected chi connectivity index (χ3v) is 9.57. The summed E-state index contributed by atoms with van der Waals surface area (Å²) in [5.41, 5.74) is 7.46. The lowest BCUT2D eigenvalue weighted by molar-refractivity contribution is -0.115. The van der Waals surface area contributed by atoms with Crippen LogP contribution in [0.25, 0.3) is 11.1 Å². The van der Waals surface area contributed by atoms with E-state index in [4.69, 9.17) is 14.2 Å². The number of Topliss-reactive ketones (excluding diaryl/α,β-unsaturated/α-hetero) is 1. The van der Waals surface area contributed by atoms with E-state index < -0.39 is 5.41 Å². The Bertz CT molecular complexity index is 1570. The van der Waals surface area contributed by atoms with Gasteiger partial charge in [0.2, 0.25) is 0 Å². The Balaban J connectivity index is 1.56. The Hall–Kier alpha value is -3.83. The normalized spacial score (nSPS) is 26.5. The first-order chi connectivity index (χ1) is 19.5. The molecule has 4 atom stereocenters. The van der Waals surface area contributed by atoms with Crippen molar-refractivity contribution in [1.82, 2.24) is 4.90 Å². The van der Waals surface area contributed by atoms with Gasteiger partial charge in [-0.05, 0) is 96.0 Å². The highest BCUT2D eigenvalue weighted by atomic mass is 16.5. The molecule has 5 heteroatoms. The number of hydrogen-bond acceptors (Lipinski definition) is 5. The summed E-state index contributed by atoms with van der Waals surface area (Å²) in [5.74, 6) is 3.17. The Labute approximate surface area is 236 Å². The summed E-state index contributed by atoms with van der Waals surface area (Å²) in [7, 11) is 5.20. The van der Waals surface area contributed by atoms with Crippen molar-refractivity contribution >= 4 is 16.9 Å². The van der Waals surface area contributed by atoms with E-state index in [2.05, 4.69) is 65.6 Å². The third kappa shape index (κ3) is 3.75. The number of fused-ring (bicyclic) bond motifs is 6. The molecule has 0 radical (unpaired) electrons. The number of allylic oxidation sites excluding steroid dienone is 2. The van der Waals surface area contributed by atoms with Gasteiger partial charge in [-0.15, -0.1) is 0 Å². The summed E-state index contributed by atoms with van der Waals surface area (Å²) in [6.45, 7) is 1.76. The zero-order valence-electron chi connectivity index (χ0n) is 23.4. The Kier molecular flexibility index (Phi) is 6.08. The van der Waals surface area contributed by atoms with E-state index in [1.807, 2.05) is 12.1 Å². The molecular formula is C35H35NO4. The third-order valence-electron chi connectivity index (χ3n) is 9.57.